The van der Waals surface area contributed by atoms with Crippen LogP contribution in [-0.2, 0) is 6.18 Å². The molecular weight excluding hydrogens is 365 g/mol. The number of alkyl halides is 3. The third-order valence-corrected chi connectivity index (χ3v) is 3.51. The highest BCUT2D eigenvalue weighted by molar-refractivity contribution is 5.56. The second-order valence-electron chi connectivity index (χ2n) is 5.44. The summed E-state index contributed by atoms with van der Waals surface area (Å²) >= 11 is 0. The van der Waals surface area contributed by atoms with E-state index in [2.05, 4.69) is 15.0 Å². The highest BCUT2D eigenvalue weighted by atomic mass is 19.4. The molecule has 1 aromatic carbocycles. The van der Waals surface area contributed by atoms with Crippen LogP contribution in [0.4, 0.5) is 18.9 Å². The van der Waals surface area contributed by atoms with Gasteiger partial charge in [-0.3, -0.25) is 15.1 Å². The lowest BCUT2D eigenvalue weighted by atomic mass is 10.2. The van der Waals surface area contributed by atoms with Gasteiger partial charge in [0.25, 0.3) is 0 Å². The van der Waals surface area contributed by atoms with Crippen molar-refractivity contribution in [1.29, 1.82) is 0 Å². The molecule has 0 saturated heterocycles. The Labute approximate surface area is 150 Å². The normalized spacial score (nSPS) is 11.3. The third-order valence-electron chi connectivity index (χ3n) is 3.51. The monoisotopic (exact) mass is 376 g/mol. The second kappa shape index (κ2) is 6.98. The highest BCUT2D eigenvalue weighted by Gasteiger charge is 2.34. The van der Waals surface area contributed by atoms with Crippen LogP contribution in [-0.4, -0.2) is 19.9 Å². The first-order valence-corrected chi connectivity index (χ1v) is 7.54. The molecule has 10 heteroatoms. The van der Waals surface area contributed by atoms with Crippen molar-refractivity contribution < 1.29 is 22.8 Å². The maximum atomic E-state index is 13.2. The average molecular weight is 376 g/mol. The first kappa shape index (κ1) is 18.2. The van der Waals surface area contributed by atoms with Crippen molar-refractivity contribution in [2.24, 2.45) is 0 Å². The van der Waals surface area contributed by atoms with Gasteiger partial charge >= 0.3 is 11.9 Å². The zero-order valence-corrected chi connectivity index (χ0v) is 13.8. The van der Waals surface area contributed by atoms with Gasteiger partial charge in [0.2, 0.25) is 11.6 Å². The fourth-order valence-corrected chi connectivity index (χ4v) is 2.31. The molecule has 3 rings (SSSR count). The van der Waals surface area contributed by atoms with Crippen LogP contribution in [0.3, 0.4) is 0 Å². The van der Waals surface area contributed by atoms with E-state index in [9.17, 15) is 23.3 Å². The maximum absolute atomic E-state index is 13.2. The van der Waals surface area contributed by atoms with E-state index < -0.39 is 22.7 Å². The van der Waals surface area contributed by atoms with E-state index in [1.165, 1.54) is 49.6 Å². The van der Waals surface area contributed by atoms with E-state index in [1.54, 1.807) is 0 Å². The summed E-state index contributed by atoms with van der Waals surface area (Å²) < 4.78 is 44.9. The second-order valence-corrected chi connectivity index (χ2v) is 5.44. The maximum Gasteiger partial charge on any atom is 0.433 e. The Hall–Kier alpha value is -3.56. The number of ether oxygens (including phenoxy) is 1. The Morgan fingerprint density at radius 1 is 1.15 bits per heavy atom. The zero-order chi connectivity index (χ0) is 19.6. The van der Waals surface area contributed by atoms with Crippen LogP contribution < -0.4 is 4.74 Å². The zero-order valence-electron chi connectivity index (χ0n) is 13.8. The van der Waals surface area contributed by atoms with Gasteiger partial charge < -0.3 is 4.74 Å². The lowest BCUT2D eigenvalue weighted by Crippen LogP contribution is -2.10. The van der Waals surface area contributed by atoms with Crippen molar-refractivity contribution in [2.45, 2.75) is 13.1 Å². The molecule has 2 aromatic heterocycles. The molecule has 0 fully saturated rings. The van der Waals surface area contributed by atoms with Gasteiger partial charge in [0.05, 0.1) is 4.92 Å². The first-order valence-electron chi connectivity index (χ1n) is 7.54. The van der Waals surface area contributed by atoms with Gasteiger partial charge in [-0.1, -0.05) is 12.1 Å². The Balaban J connectivity index is 2.11. The molecule has 0 spiro atoms. The molecule has 7 nitrogen and oxygen atoms in total. The summed E-state index contributed by atoms with van der Waals surface area (Å²) in [6.07, 6.45) is -2.00. The number of para-hydroxylation sites is 1. The molecule has 2 heterocycles. The molecule has 0 radical (unpaired) electrons. The van der Waals surface area contributed by atoms with E-state index in [4.69, 9.17) is 4.74 Å². The summed E-state index contributed by atoms with van der Waals surface area (Å²) in [5.74, 6) is -0.947. The molecule has 0 aliphatic carbocycles. The van der Waals surface area contributed by atoms with E-state index >= 15 is 0 Å². The van der Waals surface area contributed by atoms with Gasteiger partial charge in [-0.05, 0) is 25.1 Å². The number of nitro benzene ring substituents is 1. The van der Waals surface area contributed by atoms with Gasteiger partial charge in [0.1, 0.15) is 0 Å². The van der Waals surface area contributed by atoms with Crippen LogP contribution in [0, 0.1) is 17.0 Å². The molecule has 0 N–H and O–H groups in total. The number of hydrogen-bond acceptors (Lipinski definition) is 6. The fraction of sp³-hybridized carbons (Fsp3) is 0.118. The molecule has 27 heavy (non-hydrogen) atoms. The molecule has 3 aromatic rings. The number of hydrogen-bond donors (Lipinski definition) is 0. The van der Waals surface area contributed by atoms with Crippen LogP contribution >= 0.6 is 0 Å². The van der Waals surface area contributed by atoms with Crippen molar-refractivity contribution in [3.8, 4) is 23.0 Å². The van der Waals surface area contributed by atoms with Crippen molar-refractivity contribution in [3.63, 3.8) is 0 Å². The topological polar surface area (TPSA) is 91.0 Å². The minimum absolute atomic E-state index is 0.219. The Bertz CT molecular complexity index is 994. The van der Waals surface area contributed by atoms with Gasteiger partial charge in [-0.15, -0.1) is 0 Å². The van der Waals surface area contributed by atoms with E-state index in [0.717, 1.165) is 0 Å². The molecule has 138 valence electrons. The minimum atomic E-state index is -4.75. The predicted molar refractivity (Wildman–Crippen MR) is 88.2 cm³/mol. The molecule has 0 aliphatic rings. The number of aryl methyl sites for hydroxylation is 1. The summed E-state index contributed by atoms with van der Waals surface area (Å²) in [5, 5.41) is 11.3. The number of rotatable bonds is 4. The van der Waals surface area contributed by atoms with E-state index in [1.807, 2.05) is 0 Å². The molecule has 0 bridgehead atoms. The summed E-state index contributed by atoms with van der Waals surface area (Å²) in [7, 11) is 0. The van der Waals surface area contributed by atoms with Crippen molar-refractivity contribution in [3.05, 3.63) is 70.2 Å². The van der Waals surface area contributed by atoms with Crippen LogP contribution in [0.1, 0.15) is 11.3 Å². The number of halogens is 3. The number of nitrogens with zero attached hydrogens (tertiary/aromatic N) is 4. The van der Waals surface area contributed by atoms with Crippen molar-refractivity contribution in [1.82, 2.24) is 15.0 Å². The highest BCUT2D eigenvalue weighted by Crippen LogP contribution is 2.36. The minimum Gasteiger partial charge on any atom is -0.432 e. The summed E-state index contributed by atoms with van der Waals surface area (Å²) in [4.78, 5) is 21.9. The van der Waals surface area contributed by atoms with Gasteiger partial charge in [-0.2, -0.15) is 18.2 Å². The standard InChI is InChI=1S/C17H11F3N4O3/c1-10-4-2-6-12(15(10)24(25)26)27-14-8-13(17(18,19)20)22-16(23-14)11-5-3-7-21-9-11/h2-9H,1H3. The van der Waals surface area contributed by atoms with Crippen molar-refractivity contribution in [2.75, 3.05) is 0 Å². The van der Waals surface area contributed by atoms with Crippen LogP contribution in [0.15, 0.2) is 48.8 Å². The van der Waals surface area contributed by atoms with Crippen LogP contribution in [0.2, 0.25) is 0 Å². The summed E-state index contributed by atoms with van der Waals surface area (Å²) in [6, 6.07) is 7.86. The smallest absolute Gasteiger partial charge is 0.432 e. The first-order chi connectivity index (χ1) is 12.8. The summed E-state index contributed by atoms with van der Waals surface area (Å²) in [5.41, 5.74) is -1.04. The quantitative estimate of drug-likeness (QED) is 0.489. The SMILES string of the molecule is Cc1cccc(Oc2cc(C(F)(F)F)nc(-c3cccnc3)n2)c1[N+](=O)[O-]. The number of benzene rings is 1. The lowest BCUT2D eigenvalue weighted by molar-refractivity contribution is -0.386. The van der Waals surface area contributed by atoms with Gasteiger partial charge in [-0.25, -0.2) is 4.98 Å². The molecule has 0 amide bonds. The van der Waals surface area contributed by atoms with Crippen LogP contribution in [0.25, 0.3) is 11.4 Å². The Kier molecular flexibility index (Phi) is 4.72. The number of aromatic nitrogens is 3. The van der Waals surface area contributed by atoms with E-state index in [0.29, 0.717) is 11.6 Å². The molecule has 0 aliphatic heterocycles. The predicted octanol–water partition coefficient (Wildman–Crippen LogP) is 4.57. The van der Waals surface area contributed by atoms with Crippen molar-refractivity contribution >= 4 is 5.69 Å². The Morgan fingerprint density at radius 3 is 2.56 bits per heavy atom. The number of pyridine rings is 1. The van der Waals surface area contributed by atoms with Crippen LogP contribution in [0.5, 0.6) is 11.6 Å². The fourth-order valence-electron chi connectivity index (χ4n) is 2.31. The lowest BCUT2D eigenvalue weighted by Gasteiger charge is -2.12. The number of nitro groups is 1. The molecule has 0 unspecified atom stereocenters. The molecule has 0 atom stereocenters. The average Bonchev–Trinajstić information content (AvgIpc) is 2.61. The Morgan fingerprint density at radius 2 is 1.93 bits per heavy atom. The molecular formula is C17H11F3N4O3. The molecule has 0 saturated carbocycles. The van der Waals surface area contributed by atoms with Gasteiger partial charge in [0.15, 0.2) is 11.5 Å². The van der Waals surface area contributed by atoms with E-state index in [-0.39, 0.29) is 22.8 Å². The largest absolute Gasteiger partial charge is 0.433 e. The third kappa shape index (κ3) is 4.00. The summed E-state index contributed by atoms with van der Waals surface area (Å²) in [6.45, 7) is 1.49. The van der Waals surface area contributed by atoms with Gasteiger partial charge in [0, 0.05) is 29.6 Å².